The fraction of sp³-hybridized carbons (Fsp3) is 0.316. The zero-order valence-corrected chi connectivity index (χ0v) is 14.4. The van der Waals surface area contributed by atoms with Gasteiger partial charge in [0.2, 0.25) is 5.91 Å². The first-order valence-electron chi connectivity index (χ1n) is 8.01. The molecule has 0 saturated heterocycles. The number of nitrogens with one attached hydrogen (secondary N) is 2. The molecule has 2 aromatic rings. The zero-order chi connectivity index (χ0) is 17.4. The summed E-state index contributed by atoms with van der Waals surface area (Å²) < 4.78 is 10.4. The molecule has 5 nitrogen and oxygen atoms in total. The highest BCUT2D eigenvalue weighted by Gasteiger charge is 2.09. The van der Waals surface area contributed by atoms with E-state index in [-0.39, 0.29) is 5.91 Å². The van der Waals surface area contributed by atoms with E-state index >= 15 is 0 Å². The number of aryl methyl sites for hydroxylation is 1. The maximum atomic E-state index is 12.1. The lowest BCUT2D eigenvalue weighted by molar-refractivity contribution is -0.116. The molecule has 0 heterocycles. The number of amides is 1. The molecule has 0 aliphatic rings. The van der Waals surface area contributed by atoms with Crippen molar-refractivity contribution in [2.24, 2.45) is 0 Å². The second kappa shape index (κ2) is 8.82. The van der Waals surface area contributed by atoms with Gasteiger partial charge in [-0.05, 0) is 30.2 Å². The summed E-state index contributed by atoms with van der Waals surface area (Å²) in [5.41, 5.74) is 2.96. The van der Waals surface area contributed by atoms with E-state index in [0.717, 1.165) is 12.1 Å². The second-order valence-electron chi connectivity index (χ2n) is 5.30. The predicted octanol–water partition coefficient (Wildman–Crippen LogP) is 3.71. The molecule has 1 amide bonds. The van der Waals surface area contributed by atoms with Crippen LogP contribution < -0.4 is 20.1 Å². The zero-order valence-electron chi connectivity index (χ0n) is 14.4. The topological polar surface area (TPSA) is 59.6 Å². The van der Waals surface area contributed by atoms with Gasteiger partial charge in [0.1, 0.15) is 11.5 Å². The summed E-state index contributed by atoms with van der Waals surface area (Å²) in [4.78, 5) is 12.1. The van der Waals surface area contributed by atoms with E-state index in [1.165, 1.54) is 5.56 Å². The average molecular weight is 328 g/mol. The van der Waals surface area contributed by atoms with Crippen LogP contribution in [0.3, 0.4) is 0 Å². The van der Waals surface area contributed by atoms with Crippen LogP contribution in [0.4, 0.5) is 11.4 Å². The first-order chi connectivity index (χ1) is 11.7. The van der Waals surface area contributed by atoms with E-state index in [4.69, 9.17) is 9.47 Å². The Labute approximate surface area is 143 Å². The molecule has 0 aliphatic carbocycles. The summed E-state index contributed by atoms with van der Waals surface area (Å²) in [6.45, 7) is 2.69. The van der Waals surface area contributed by atoms with Crippen LogP contribution in [0, 0.1) is 0 Å². The fourth-order valence-corrected chi connectivity index (χ4v) is 2.43. The van der Waals surface area contributed by atoms with Crippen molar-refractivity contribution in [2.75, 3.05) is 31.4 Å². The Hall–Kier alpha value is -2.69. The molecular formula is C19H24N2O3. The molecule has 0 atom stereocenters. The van der Waals surface area contributed by atoms with Crippen molar-refractivity contribution in [1.82, 2.24) is 0 Å². The number of hydrogen-bond donors (Lipinski definition) is 2. The third-order valence-corrected chi connectivity index (χ3v) is 3.75. The monoisotopic (exact) mass is 328 g/mol. The minimum absolute atomic E-state index is 0.0695. The van der Waals surface area contributed by atoms with Crippen molar-refractivity contribution in [3.63, 3.8) is 0 Å². The van der Waals surface area contributed by atoms with Crippen molar-refractivity contribution >= 4 is 17.3 Å². The lowest BCUT2D eigenvalue weighted by Gasteiger charge is -2.13. The van der Waals surface area contributed by atoms with Crippen molar-refractivity contribution < 1.29 is 14.3 Å². The molecule has 0 spiro atoms. The van der Waals surface area contributed by atoms with Gasteiger partial charge in [-0.15, -0.1) is 0 Å². The number of anilines is 2. The summed E-state index contributed by atoms with van der Waals surface area (Å²) in [6, 6.07) is 13.4. The van der Waals surface area contributed by atoms with Crippen LogP contribution in [0.15, 0.2) is 42.5 Å². The van der Waals surface area contributed by atoms with E-state index < -0.39 is 0 Å². The smallest absolute Gasteiger partial charge is 0.226 e. The number of rotatable bonds is 8. The molecule has 0 aromatic heterocycles. The lowest BCUT2D eigenvalue weighted by Crippen LogP contribution is -2.17. The Kier molecular flexibility index (Phi) is 6.49. The van der Waals surface area contributed by atoms with Crippen LogP contribution in [0.25, 0.3) is 0 Å². The third kappa shape index (κ3) is 4.65. The normalized spacial score (nSPS) is 10.1. The number of methoxy groups -OCH3 is 2. The van der Waals surface area contributed by atoms with Crippen LogP contribution in [0.1, 0.15) is 18.9 Å². The highest BCUT2D eigenvalue weighted by molar-refractivity contribution is 5.92. The van der Waals surface area contributed by atoms with Crippen molar-refractivity contribution in [1.29, 1.82) is 0 Å². The number of benzene rings is 2. The van der Waals surface area contributed by atoms with Gasteiger partial charge in [0, 0.05) is 24.7 Å². The lowest BCUT2D eigenvalue weighted by atomic mass is 10.1. The van der Waals surface area contributed by atoms with E-state index in [0.29, 0.717) is 30.2 Å². The molecule has 0 saturated carbocycles. The van der Waals surface area contributed by atoms with Gasteiger partial charge < -0.3 is 20.1 Å². The predicted molar refractivity (Wildman–Crippen MR) is 97.1 cm³/mol. The Balaban J connectivity index is 1.89. The quantitative estimate of drug-likeness (QED) is 0.775. The fourth-order valence-electron chi connectivity index (χ4n) is 2.43. The van der Waals surface area contributed by atoms with Crippen LogP contribution in [0.5, 0.6) is 11.5 Å². The first-order valence-corrected chi connectivity index (χ1v) is 8.01. The number of para-hydroxylation sites is 1. The van der Waals surface area contributed by atoms with Crippen LogP contribution in [-0.2, 0) is 11.2 Å². The molecule has 128 valence electrons. The van der Waals surface area contributed by atoms with Gasteiger partial charge in [-0.1, -0.05) is 25.1 Å². The number of carbonyl (C=O) groups excluding carboxylic acids is 1. The Morgan fingerprint density at radius 2 is 1.83 bits per heavy atom. The number of carbonyl (C=O) groups is 1. The molecule has 5 heteroatoms. The summed E-state index contributed by atoms with van der Waals surface area (Å²) >= 11 is 0. The van der Waals surface area contributed by atoms with E-state index in [2.05, 4.69) is 23.6 Å². The molecule has 2 rings (SSSR count). The Morgan fingerprint density at radius 3 is 2.54 bits per heavy atom. The van der Waals surface area contributed by atoms with E-state index in [1.807, 2.05) is 18.2 Å². The molecule has 0 fully saturated rings. The van der Waals surface area contributed by atoms with Gasteiger partial charge in [-0.25, -0.2) is 0 Å². The van der Waals surface area contributed by atoms with Crippen molar-refractivity contribution in [3.8, 4) is 11.5 Å². The minimum Gasteiger partial charge on any atom is -0.497 e. The number of ether oxygens (including phenoxy) is 2. The van der Waals surface area contributed by atoms with Gasteiger partial charge >= 0.3 is 0 Å². The highest BCUT2D eigenvalue weighted by Crippen LogP contribution is 2.29. The van der Waals surface area contributed by atoms with Crippen LogP contribution in [0.2, 0.25) is 0 Å². The molecule has 2 aromatic carbocycles. The molecular weight excluding hydrogens is 304 g/mol. The maximum Gasteiger partial charge on any atom is 0.226 e. The van der Waals surface area contributed by atoms with Gasteiger partial charge in [0.05, 0.1) is 19.9 Å². The van der Waals surface area contributed by atoms with Gasteiger partial charge in [-0.2, -0.15) is 0 Å². The summed E-state index contributed by atoms with van der Waals surface area (Å²) in [7, 11) is 3.15. The Bertz CT molecular complexity index is 686. The minimum atomic E-state index is -0.0695. The first kappa shape index (κ1) is 17.7. The van der Waals surface area contributed by atoms with Crippen LogP contribution >= 0.6 is 0 Å². The maximum absolute atomic E-state index is 12.1. The average Bonchev–Trinajstić information content (AvgIpc) is 2.62. The van der Waals surface area contributed by atoms with Crippen molar-refractivity contribution in [2.45, 2.75) is 19.8 Å². The SMILES string of the molecule is CCc1ccccc1NCCC(=O)Nc1ccc(OC)cc1OC. The largest absolute Gasteiger partial charge is 0.497 e. The molecule has 0 bridgehead atoms. The second-order valence-corrected chi connectivity index (χ2v) is 5.30. The van der Waals surface area contributed by atoms with Crippen LogP contribution in [-0.4, -0.2) is 26.7 Å². The number of hydrogen-bond acceptors (Lipinski definition) is 4. The molecule has 0 unspecified atom stereocenters. The van der Waals surface area contributed by atoms with Gasteiger partial charge in [-0.3, -0.25) is 4.79 Å². The molecule has 0 aliphatic heterocycles. The van der Waals surface area contributed by atoms with E-state index in [1.54, 1.807) is 32.4 Å². The standard InChI is InChI=1S/C19H24N2O3/c1-4-14-7-5-6-8-16(14)20-12-11-19(22)21-17-10-9-15(23-2)13-18(17)24-3/h5-10,13,20H,4,11-12H2,1-3H3,(H,21,22). The Morgan fingerprint density at radius 1 is 1.04 bits per heavy atom. The third-order valence-electron chi connectivity index (χ3n) is 3.75. The summed E-state index contributed by atoms with van der Waals surface area (Å²) in [5.74, 6) is 1.19. The molecule has 2 N–H and O–H groups in total. The molecule has 24 heavy (non-hydrogen) atoms. The van der Waals surface area contributed by atoms with Gasteiger partial charge in [0.15, 0.2) is 0 Å². The summed E-state index contributed by atoms with van der Waals surface area (Å²) in [5, 5.41) is 6.18. The summed E-state index contributed by atoms with van der Waals surface area (Å²) in [6.07, 6.45) is 1.33. The van der Waals surface area contributed by atoms with Crippen molar-refractivity contribution in [3.05, 3.63) is 48.0 Å². The highest BCUT2D eigenvalue weighted by atomic mass is 16.5. The van der Waals surface area contributed by atoms with E-state index in [9.17, 15) is 4.79 Å². The molecule has 0 radical (unpaired) electrons. The van der Waals surface area contributed by atoms with Gasteiger partial charge in [0.25, 0.3) is 0 Å².